The first-order valence-electron chi connectivity index (χ1n) is 7.79. The standard InChI is InChI=1S/C18H18N2O3S/c19-10-13-1-3-15(4-2-13)23-17-11-22-7-5-16(17)20-18(21)9-14-6-8-24-12-14/h1-4,6,8,12,16-17H,5,7,9,11H2,(H,20,21)/t16-,17-/m1/s1. The number of amides is 1. The van der Waals surface area contributed by atoms with Crippen LogP contribution >= 0.6 is 11.3 Å². The number of thiophene rings is 1. The van der Waals surface area contributed by atoms with Crippen molar-refractivity contribution in [3.05, 3.63) is 52.2 Å². The Labute approximate surface area is 144 Å². The minimum atomic E-state index is -0.238. The smallest absolute Gasteiger partial charge is 0.224 e. The van der Waals surface area contributed by atoms with Crippen LogP contribution in [0.25, 0.3) is 0 Å². The van der Waals surface area contributed by atoms with Crippen LogP contribution < -0.4 is 10.1 Å². The Balaban J connectivity index is 1.60. The Morgan fingerprint density at radius 1 is 1.38 bits per heavy atom. The molecule has 0 spiro atoms. The highest BCUT2D eigenvalue weighted by Crippen LogP contribution is 2.18. The summed E-state index contributed by atoms with van der Waals surface area (Å²) in [6, 6.07) is 10.9. The lowest BCUT2D eigenvalue weighted by Crippen LogP contribution is -2.51. The molecule has 2 aromatic rings. The van der Waals surface area contributed by atoms with Crippen LogP contribution in [-0.4, -0.2) is 31.3 Å². The predicted octanol–water partition coefficient (Wildman–Crippen LogP) is 2.51. The number of carbonyl (C=O) groups excluding carboxylic acids is 1. The first-order valence-corrected chi connectivity index (χ1v) is 8.74. The van der Waals surface area contributed by atoms with E-state index in [2.05, 4.69) is 11.4 Å². The van der Waals surface area contributed by atoms with Gasteiger partial charge in [-0.25, -0.2) is 0 Å². The molecule has 124 valence electrons. The van der Waals surface area contributed by atoms with Crippen LogP contribution in [0, 0.1) is 11.3 Å². The van der Waals surface area contributed by atoms with E-state index >= 15 is 0 Å². The third kappa shape index (κ3) is 4.34. The van der Waals surface area contributed by atoms with Crippen molar-refractivity contribution < 1.29 is 14.3 Å². The summed E-state index contributed by atoms with van der Waals surface area (Å²) in [6.45, 7) is 1.04. The minimum Gasteiger partial charge on any atom is -0.486 e. The van der Waals surface area contributed by atoms with Crippen LogP contribution in [0.3, 0.4) is 0 Å². The summed E-state index contributed by atoms with van der Waals surface area (Å²) in [7, 11) is 0. The van der Waals surface area contributed by atoms with E-state index < -0.39 is 0 Å². The number of hydrogen-bond acceptors (Lipinski definition) is 5. The highest BCUT2D eigenvalue weighted by molar-refractivity contribution is 7.07. The first kappa shape index (κ1) is 16.5. The van der Waals surface area contributed by atoms with Crippen LogP contribution in [-0.2, 0) is 16.0 Å². The summed E-state index contributed by atoms with van der Waals surface area (Å²) in [5.41, 5.74) is 1.61. The second kappa shape index (κ2) is 7.95. The van der Waals surface area contributed by atoms with Gasteiger partial charge in [0.2, 0.25) is 5.91 Å². The van der Waals surface area contributed by atoms with Gasteiger partial charge >= 0.3 is 0 Å². The SMILES string of the molecule is N#Cc1ccc(O[C@@H]2COCC[C@H]2NC(=O)Cc2ccsc2)cc1. The minimum absolute atomic E-state index is 0.00581. The van der Waals surface area contributed by atoms with Crippen molar-refractivity contribution in [3.8, 4) is 11.8 Å². The van der Waals surface area contributed by atoms with Gasteiger partial charge in [-0.3, -0.25) is 4.79 Å². The first-order chi connectivity index (χ1) is 11.7. The lowest BCUT2D eigenvalue weighted by molar-refractivity contribution is -0.123. The number of benzene rings is 1. The Hall–Kier alpha value is -2.36. The van der Waals surface area contributed by atoms with Gasteiger partial charge in [-0.15, -0.1) is 0 Å². The van der Waals surface area contributed by atoms with Gasteiger partial charge in [0.15, 0.2) is 0 Å². The molecule has 0 unspecified atom stereocenters. The number of nitrogens with zero attached hydrogens (tertiary/aromatic N) is 1. The van der Waals surface area contributed by atoms with Gasteiger partial charge in [-0.2, -0.15) is 16.6 Å². The largest absolute Gasteiger partial charge is 0.486 e. The summed E-state index contributed by atoms with van der Waals surface area (Å²) >= 11 is 1.59. The fraction of sp³-hybridized carbons (Fsp3) is 0.333. The summed E-state index contributed by atoms with van der Waals surface area (Å²) in [4.78, 5) is 12.2. The molecule has 2 heterocycles. The van der Waals surface area contributed by atoms with E-state index in [0.29, 0.717) is 30.9 Å². The Kier molecular flexibility index (Phi) is 5.47. The Bertz CT molecular complexity index is 707. The summed E-state index contributed by atoms with van der Waals surface area (Å²) < 4.78 is 11.4. The highest BCUT2D eigenvalue weighted by Gasteiger charge is 2.29. The van der Waals surface area contributed by atoms with Crippen molar-refractivity contribution in [2.75, 3.05) is 13.2 Å². The van der Waals surface area contributed by atoms with E-state index in [1.807, 2.05) is 16.8 Å². The van der Waals surface area contributed by atoms with Crippen LogP contribution in [0.4, 0.5) is 0 Å². The molecule has 1 aromatic carbocycles. The monoisotopic (exact) mass is 342 g/mol. The second-order valence-electron chi connectivity index (χ2n) is 5.64. The third-order valence-corrected chi connectivity index (χ3v) is 4.60. The number of carbonyl (C=O) groups is 1. The molecule has 6 heteroatoms. The third-order valence-electron chi connectivity index (χ3n) is 3.87. The van der Waals surface area contributed by atoms with Crippen LogP contribution in [0.15, 0.2) is 41.1 Å². The van der Waals surface area contributed by atoms with Crippen molar-refractivity contribution in [1.82, 2.24) is 5.32 Å². The van der Waals surface area contributed by atoms with Gasteiger partial charge in [0.1, 0.15) is 11.9 Å². The van der Waals surface area contributed by atoms with Gasteiger partial charge in [0.25, 0.3) is 0 Å². The molecule has 1 aliphatic rings. The molecule has 0 saturated carbocycles. The zero-order chi connectivity index (χ0) is 16.8. The normalized spacial score (nSPS) is 20.1. The molecule has 0 radical (unpaired) electrons. The number of nitrogens with one attached hydrogen (secondary N) is 1. The van der Waals surface area contributed by atoms with Gasteiger partial charge in [0, 0.05) is 6.61 Å². The molecule has 3 rings (SSSR count). The fourth-order valence-electron chi connectivity index (χ4n) is 2.61. The predicted molar refractivity (Wildman–Crippen MR) is 91.0 cm³/mol. The maximum Gasteiger partial charge on any atom is 0.224 e. The number of nitriles is 1. The average molecular weight is 342 g/mol. The zero-order valence-electron chi connectivity index (χ0n) is 13.1. The van der Waals surface area contributed by atoms with Crippen molar-refractivity contribution in [1.29, 1.82) is 5.26 Å². The molecule has 1 amide bonds. The molecule has 1 aliphatic heterocycles. The van der Waals surface area contributed by atoms with Gasteiger partial charge in [-0.05, 0) is 53.1 Å². The summed E-state index contributed by atoms with van der Waals surface area (Å²) in [6.07, 6.45) is 0.860. The Morgan fingerprint density at radius 2 is 2.21 bits per heavy atom. The van der Waals surface area contributed by atoms with E-state index in [0.717, 1.165) is 12.0 Å². The summed E-state index contributed by atoms with van der Waals surface area (Å²) in [5, 5.41) is 15.8. The Morgan fingerprint density at radius 3 is 2.92 bits per heavy atom. The molecule has 1 fully saturated rings. The van der Waals surface area contributed by atoms with Crippen LogP contribution in [0.2, 0.25) is 0 Å². The lowest BCUT2D eigenvalue weighted by atomic mass is 10.1. The van der Waals surface area contributed by atoms with E-state index in [9.17, 15) is 4.79 Å². The maximum atomic E-state index is 12.2. The van der Waals surface area contributed by atoms with Crippen LogP contribution in [0.1, 0.15) is 17.5 Å². The molecular formula is C18H18N2O3S. The molecular weight excluding hydrogens is 324 g/mol. The molecule has 1 aromatic heterocycles. The van der Waals surface area contributed by atoms with Gasteiger partial charge in [0.05, 0.1) is 30.7 Å². The molecule has 1 saturated heterocycles. The molecule has 24 heavy (non-hydrogen) atoms. The number of hydrogen-bond donors (Lipinski definition) is 1. The van der Waals surface area contributed by atoms with E-state index in [1.54, 1.807) is 35.6 Å². The summed E-state index contributed by atoms with van der Waals surface area (Å²) in [5.74, 6) is 0.662. The second-order valence-corrected chi connectivity index (χ2v) is 6.42. The molecule has 5 nitrogen and oxygen atoms in total. The van der Waals surface area contributed by atoms with Crippen LogP contribution in [0.5, 0.6) is 5.75 Å². The topological polar surface area (TPSA) is 71.3 Å². The van der Waals surface area contributed by atoms with E-state index in [1.165, 1.54) is 0 Å². The maximum absolute atomic E-state index is 12.2. The van der Waals surface area contributed by atoms with E-state index in [4.69, 9.17) is 14.7 Å². The highest BCUT2D eigenvalue weighted by atomic mass is 32.1. The van der Waals surface area contributed by atoms with Crippen molar-refractivity contribution >= 4 is 17.2 Å². The average Bonchev–Trinajstić information content (AvgIpc) is 3.10. The zero-order valence-corrected chi connectivity index (χ0v) is 13.9. The molecule has 0 aliphatic carbocycles. The molecule has 2 atom stereocenters. The van der Waals surface area contributed by atoms with Gasteiger partial charge in [-0.1, -0.05) is 0 Å². The van der Waals surface area contributed by atoms with Crippen molar-refractivity contribution in [2.24, 2.45) is 0 Å². The fourth-order valence-corrected chi connectivity index (χ4v) is 3.28. The number of ether oxygens (including phenoxy) is 2. The molecule has 1 N–H and O–H groups in total. The quantitative estimate of drug-likeness (QED) is 0.906. The van der Waals surface area contributed by atoms with Gasteiger partial charge < -0.3 is 14.8 Å². The van der Waals surface area contributed by atoms with E-state index in [-0.39, 0.29) is 18.1 Å². The molecule has 0 bridgehead atoms. The lowest BCUT2D eigenvalue weighted by Gasteiger charge is -2.32. The number of rotatable bonds is 5. The van der Waals surface area contributed by atoms with Crippen molar-refractivity contribution in [2.45, 2.75) is 25.0 Å². The van der Waals surface area contributed by atoms with Crippen molar-refractivity contribution in [3.63, 3.8) is 0 Å².